The number of amides is 1. The fraction of sp³-hybridized carbons (Fsp3) is 0.263. The molecular weight excluding hydrogens is 366 g/mol. The van der Waals surface area contributed by atoms with Crippen molar-refractivity contribution in [2.24, 2.45) is 5.73 Å². The molecule has 140 valence electrons. The van der Waals surface area contributed by atoms with E-state index >= 15 is 0 Å². The molecule has 0 unspecified atom stereocenters. The van der Waals surface area contributed by atoms with Crippen molar-refractivity contribution in [1.29, 1.82) is 0 Å². The third-order valence-corrected chi connectivity index (χ3v) is 5.22. The van der Waals surface area contributed by atoms with Crippen molar-refractivity contribution in [3.63, 3.8) is 0 Å². The molecule has 0 aliphatic rings. The van der Waals surface area contributed by atoms with Gasteiger partial charge in [-0.25, -0.2) is 4.98 Å². The minimum Gasteiger partial charge on any atom is -0.491 e. The SMILES string of the molecule is Cc1c(C(N)=O)sc2ncn(CC(=O)c3ccc(OC(C)C)cc3)c(=O)c12. The number of thiophene rings is 1. The predicted octanol–water partition coefficient (Wildman–Crippen LogP) is 2.54. The lowest BCUT2D eigenvalue weighted by molar-refractivity contribution is 0.0968. The predicted molar refractivity (Wildman–Crippen MR) is 104 cm³/mol. The number of nitrogens with two attached hydrogens (primary N) is 1. The van der Waals surface area contributed by atoms with Crippen LogP contribution in [0.1, 0.15) is 39.4 Å². The molecule has 0 fully saturated rings. The van der Waals surface area contributed by atoms with E-state index in [0.717, 1.165) is 11.3 Å². The van der Waals surface area contributed by atoms with Crippen molar-refractivity contribution < 1.29 is 14.3 Å². The second kappa shape index (κ2) is 7.32. The molecule has 0 spiro atoms. The number of rotatable bonds is 6. The summed E-state index contributed by atoms with van der Waals surface area (Å²) < 4.78 is 6.80. The first-order valence-electron chi connectivity index (χ1n) is 8.36. The lowest BCUT2D eigenvalue weighted by atomic mass is 10.1. The van der Waals surface area contributed by atoms with E-state index in [0.29, 0.717) is 32.0 Å². The number of hydrogen-bond acceptors (Lipinski definition) is 6. The van der Waals surface area contributed by atoms with E-state index in [-0.39, 0.29) is 24.0 Å². The molecule has 0 bridgehead atoms. The highest BCUT2D eigenvalue weighted by molar-refractivity contribution is 7.20. The molecule has 0 radical (unpaired) electrons. The van der Waals surface area contributed by atoms with Crippen LogP contribution in [0.3, 0.4) is 0 Å². The number of nitrogens with zero attached hydrogens (tertiary/aromatic N) is 2. The molecule has 0 saturated heterocycles. The van der Waals surface area contributed by atoms with Gasteiger partial charge < -0.3 is 10.5 Å². The van der Waals surface area contributed by atoms with Gasteiger partial charge in [0.2, 0.25) is 0 Å². The minimum atomic E-state index is -0.596. The summed E-state index contributed by atoms with van der Waals surface area (Å²) in [5.74, 6) is -0.145. The highest BCUT2D eigenvalue weighted by atomic mass is 32.1. The molecule has 3 aromatic rings. The van der Waals surface area contributed by atoms with Gasteiger partial charge >= 0.3 is 0 Å². The highest BCUT2D eigenvalue weighted by Crippen LogP contribution is 2.26. The van der Waals surface area contributed by atoms with Gasteiger partial charge in [0, 0.05) is 5.56 Å². The molecule has 0 aliphatic carbocycles. The third-order valence-electron chi connectivity index (χ3n) is 4.00. The molecule has 0 atom stereocenters. The summed E-state index contributed by atoms with van der Waals surface area (Å²) in [6.45, 7) is 5.35. The summed E-state index contributed by atoms with van der Waals surface area (Å²) in [7, 11) is 0. The largest absolute Gasteiger partial charge is 0.491 e. The molecule has 1 aromatic carbocycles. The molecule has 27 heavy (non-hydrogen) atoms. The molecule has 2 N–H and O–H groups in total. The first-order valence-corrected chi connectivity index (χ1v) is 9.18. The van der Waals surface area contributed by atoms with Crippen LogP contribution in [0.2, 0.25) is 0 Å². The van der Waals surface area contributed by atoms with E-state index in [1.807, 2.05) is 13.8 Å². The lowest BCUT2D eigenvalue weighted by Crippen LogP contribution is -2.24. The molecule has 1 amide bonds. The Morgan fingerprint density at radius 1 is 1.26 bits per heavy atom. The van der Waals surface area contributed by atoms with Crippen LogP contribution in [0.5, 0.6) is 5.75 Å². The number of aryl methyl sites for hydroxylation is 1. The Kier molecular flexibility index (Phi) is 5.09. The minimum absolute atomic E-state index is 0.0436. The molecule has 0 saturated carbocycles. The number of primary amides is 1. The van der Waals surface area contributed by atoms with Crippen LogP contribution in [0.15, 0.2) is 35.4 Å². The van der Waals surface area contributed by atoms with E-state index < -0.39 is 5.91 Å². The van der Waals surface area contributed by atoms with Crippen molar-refractivity contribution in [3.8, 4) is 5.75 Å². The molecule has 2 heterocycles. The van der Waals surface area contributed by atoms with Gasteiger partial charge in [0.1, 0.15) is 10.6 Å². The Balaban J connectivity index is 1.89. The quantitative estimate of drug-likeness (QED) is 0.657. The number of carbonyl (C=O) groups excluding carboxylic acids is 2. The number of aromatic nitrogens is 2. The second-order valence-corrected chi connectivity index (χ2v) is 7.39. The van der Waals surface area contributed by atoms with Crippen LogP contribution in [0, 0.1) is 6.92 Å². The van der Waals surface area contributed by atoms with E-state index in [9.17, 15) is 14.4 Å². The number of benzene rings is 1. The van der Waals surface area contributed by atoms with Gasteiger partial charge in [-0.05, 0) is 50.6 Å². The first kappa shape index (κ1) is 18.8. The van der Waals surface area contributed by atoms with E-state index in [2.05, 4.69) is 4.98 Å². The van der Waals surface area contributed by atoms with Crippen molar-refractivity contribution >= 4 is 33.2 Å². The van der Waals surface area contributed by atoms with Gasteiger partial charge in [0.25, 0.3) is 11.5 Å². The van der Waals surface area contributed by atoms with Crippen molar-refractivity contribution in [3.05, 3.63) is 57.0 Å². The number of ketones is 1. The molecule has 8 heteroatoms. The normalized spacial score (nSPS) is 11.1. The zero-order valence-corrected chi connectivity index (χ0v) is 16.0. The third kappa shape index (κ3) is 3.75. The Labute approximate surface area is 159 Å². The number of carbonyl (C=O) groups is 2. The molecule has 0 aliphatic heterocycles. The average molecular weight is 385 g/mol. The smallest absolute Gasteiger partial charge is 0.262 e. The maximum atomic E-state index is 12.7. The summed E-state index contributed by atoms with van der Waals surface area (Å²) in [6, 6.07) is 6.77. The van der Waals surface area contributed by atoms with Gasteiger partial charge in [0.15, 0.2) is 5.78 Å². The van der Waals surface area contributed by atoms with Crippen molar-refractivity contribution in [1.82, 2.24) is 9.55 Å². The zero-order valence-electron chi connectivity index (χ0n) is 15.2. The first-order chi connectivity index (χ1) is 12.8. The monoisotopic (exact) mass is 385 g/mol. The fourth-order valence-electron chi connectivity index (χ4n) is 2.74. The second-order valence-electron chi connectivity index (χ2n) is 6.39. The Hall–Kier alpha value is -3.00. The van der Waals surface area contributed by atoms with E-state index in [4.69, 9.17) is 10.5 Å². The van der Waals surface area contributed by atoms with Crippen LogP contribution in [0.4, 0.5) is 0 Å². The zero-order chi connectivity index (χ0) is 19.7. The van der Waals surface area contributed by atoms with Gasteiger partial charge in [-0.3, -0.25) is 19.0 Å². The highest BCUT2D eigenvalue weighted by Gasteiger charge is 2.18. The maximum Gasteiger partial charge on any atom is 0.262 e. The Bertz CT molecular complexity index is 1080. The van der Waals surface area contributed by atoms with Crippen molar-refractivity contribution in [2.45, 2.75) is 33.4 Å². The number of ether oxygens (including phenoxy) is 1. The lowest BCUT2D eigenvalue weighted by Gasteiger charge is -2.10. The van der Waals surface area contributed by atoms with E-state index in [1.54, 1.807) is 31.2 Å². The Morgan fingerprint density at radius 3 is 2.52 bits per heavy atom. The molecule has 7 nitrogen and oxygen atoms in total. The molecule has 3 rings (SSSR count). The molecule has 2 aromatic heterocycles. The van der Waals surface area contributed by atoms with Gasteiger partial charge in [-0.1, -0.05) is 0 Å². The standard InChI is InChI=1S/C19H19N3O4S/c1-10(2)26-13-6-4-12(5-7-13)14(23)8-22-9-21-18-15(19(22)25)11(3)16(27-18)17(20)24/h4-7,9-10H,8H2,1-3H3,(H2,20,24). The van der Waals surface area contributed by atoms with Gasteiger partial charge in [0.05, 0.1) is 29.2 Å². The van der Waals surface area contributed by atoms with Gasteiger partial charge in [-0.15, -0.1) is 11.3 Å². The summed E-state index contributed by atoms with van der Waals surface area (Å²) in [4.78, 5) is 41.7. The van der Waals surface area contributed by atoms with Gasteiger partial charge in [-0.2, -0.15) is 0 Å². The van der Waals surface area contributed by atoms with Crippen LogP contribution >= 0.6 is 11.3 Å². The number of fused-ring (bicyclic) bond motifs is 1. The number of Topliss-reactive ketones (excluding diaryl/α,β-unsaturated/α-hetero) is 1. The average Bonchev–Trinajstić information content (AvgIpc) is 2.95. The summed E-state index contributed by atoms with van der Waals surface area (Å²) in [5.41, 5.74) is 5.94. The summed E-state index contributed by atoms with van der Waals surface area (Å²) in [5, 5.41) is 0.324. The molecular formula is C19H19N3O4S. The Morgan fingerprint density at radius 2 is 1.93 bits per heavy atom. The topological polar surface area (TPSA) is 104 Å². The van der Waals surface area contributed by atoms with Crippen LogP contribution < -0.4 is 16.0 Å². The summed E-state index contributed by atoms with van der Waals surface area (Å²) >= 11 is 1.08. The fourth-order valence-corrected chi connectivity index (χ4v) is 3.74. The van der Waals surface area contributed by atoms with Crippen molar-refractivity contribution in [2.75, 3.05) is 0 Å². The summed E-state index contributed by atoms with van der Waals surface area (Å²) in [6.07, 6.45) is 1.36. The van der Waals surface area contributed by atoms with Crippen LogP contribution in [0.25, 0.3) is 10.2 Å². The number of hydrogen-bond donors (Lipinski definition) is 1. The maximum absolute atomic E-state index is 12.7. The van der Waals surface area contributed by atoms with Crippen LogP contribution in [-0.2, 0) is 6.54 Å². The van der Waals surface area contributed by atoms with E-state index in [1.165, 1.54) is 10.9 Å². The van der Waals surface area contributed by atoms with Crippen LogP contribution in [-0.4, -0.2) is 27.3 Å².